The summed E-state index contributed by atoms with van der Waals surface area (Å²) < 4.78 is 2.12. The van der Waals surface area contributed by atoms with E-state index in [1.807, 2.05) is 12.4 Å². The van der Waals surface area contributed by atoms with E-state index in [0.717, 1.165) is 23.2 Å². The third-order valence-corrected chi connectivity index (χ3v) is 4.89. The van der Waals surface area contributed by atoms with E-state index in [9.17, 15) is 0 Å². The molecule has 0 spiro atoms. The largest absolute Gasteiger partial charge is 0.364 e. The zero-order valence-electron chi connectivity index (χ0n) is 12.6. The second-order valence-electron chi connectivity index (χ2n) is 6.76. The molecule has 2 aromatic rings. The van der Waals surface area contributed by atoms with Crippen LogP contribution >= 0.6 is 0 Å². The van der Waals surface area contributed by atoms with E-state index in [2.05, 4.69) is 31.8 Å². The van der Waals surface area contributed by atoms with Gasteiger partial charge in [0.1, 0.15) is 5.82 Å². The number of nitrogens with zero attached hydrogens (tertiary/aromatic N) is 4. The number of hydrogen-bond acceptors (Lipinski definition) is 4. The maximum absolute atomic E-state index is 4.51. The summed E-state index contributed by atoms with van der Waals surface area (Å²) in [5, 5.41) is 12.4. The number of aromatic nitrogens is 4. The van der Waals surface area contributed by atoms with E-state index >= 15 is 0 Å². The van der Waals surface area contributed by atoms with Crippen LogP contribution in [0, 0.1) is 5.92 Å². The van der Waals surface area contributed by atoms with Crippen LogP contribution in [-0.4, -0.2) is 25.6 Å². The van der Waals surface area contributed by atoms with Crippen LogP contribution in [0.1, 0.15) is 63.6 Å². The summed E-state index contributed by atoms with van der Waals surface area (Å²) >= 11 is 0. The quantitative estimate of drug-likeness (QED) is 0.878. The second-order valence-corrected chi connectivity index (χ2v) is 6.76. The number of fused-ring (bicyclic) bond motifs is 1. The van der Waals surface area contributed by atoms with E-state index < -0.39 is 0 Å². The summed E-state index contributed by atoms with van der Waals surface area (Å²) in [7, 11) is 0. The highest BCUT2D eigenvalue weighted by Gasteiger charge is 2.29. The molecule has 0 bridgehead atoms. The molecule has 2 heterocycles. The van der Waals surface area contributed by atoms with Gasteiger partial charge in [0.05, 0.1) is 0 Å². The van der Waals surface area contributed by atoms with Gasteiger partial charge in [0, 0.05) is 24.4 Å². The SMILES string of the molecule is CC1CCCC(Nc2nccn3c(C4CC4)nnc23)CC1. The van der Waals surface area contributed by atoms with Gasteiger partial charge in [-0.1, -0.05) is 19.8 Å². The first kappa shape index (κ1) is 13.0. The predicted octanol–water partition coefficient (Wildman–Crippen LogP) is 3.38. The molecule has 2 unspecified atom stereocenters. The lowest BCUT2D eigenvalue weighted by atomic mass is 10.0. The van der Waals surface area contributed by atoms with Gasteiger partial charge in [-0.05, 0) is 38.0 Å². The Hall–Kier alpha value is -1.65. The molecule has 0 aliphatic heterocycles. The smallest absolute Gasteiger partial charge is 0.203 e. The molecule has 112 valence electrons. The highest BCUT2D eigenvalue weighted by molar-refractivity contribution is 5.62. The summed E-state index contributed by atoms with van der Waals surface area (Å²) in [6.07, 6.45) is 12.8. The topological polar surface area (TPSA) is 55.1 Å². The molecule has 4 rings (SSSR count). The van der Waals surface area contributed by atoms with E-state index in [-0.39, 0.29) is 0 Å². The third-order valence-electron chi connectivity index (χ3n) is 4.89. The number of nitrogens with one attached hydrogen (secondary N) is 1. The van der Waals surface area contributed by atoms with Crippen molar-refractivity contribution in [2.24, 2.45) is 5.92 Å². The van der Waals surface area contributed by atoms with E-state index in [1.54, 1.807) is 0 Å². The average molecular weight is 285 g/mol. The predicted molar refractivity (Wildman–Crippen MR) is 82.4 cm³/mol. The van der Waals surface area contributed by atoms with Gasteiger partial charge < -0.3 is 5.32 Å². The maximum Gasteiger partial charge on any atom is 0.203 e. The molecule has 2 aliphatic carbocycles. The minimum Gasteiger partial charge on any atom is -0.364 e. The van der Waals surface area contributed by atoms with Gasteiger partial charge in [0.2, 0.25) is 5.65 Å². The van der Waals surface area contributed by atoms with Crippen molar-refractivity contribution >= 4 is 11.5 Å². The van der Waals surface area contributed by atoms with Crippen LogP contribution < -0.4 is 5.32 Å². The minimum absolute atomic E-state index is 0.523. The molecule has 0 aromatic carbocycles. The second kappa shape index (κ2) is 5.28. The Labute approximate surface area is 125 Å². The van der Waals surface area contributed by atoms with Gasteiger partial charge in [-0.2, -0.15) is 0 Å². The number of hydrogen-bond donors (Lipinski definition) is 1. The molecule has 1 N–H and O–H groups in total. The van der Waals surface area contributed by atoms with Crippen LogP contribution in [0.2, 0.25) is 0 Å². The van der Waals surface area contributed by atoms with E-state index in [4.69, 9.17) is 0 Å². The first-order valence-corrected chi connectivity index (χ1v) is 8.27. The fraction of sp³-hybridized carbons (Fsp3) is 0.688. The highest BCUT2D eigenvalue weighted by atomic mass is 15.3. The first-order chi connectivity index (χ1) is 10.3. The lowest BCUT2D eigenvalue weighted by Crippen LogP contribution is -2.19. The third kappa shape index (κ3) is 2.61. The summed E-state index contributed by atoms with van der Waals surface area (Å²) in [6, 6.07) is 0.523. The van der Waals surface area contributed by atoms with Crippen LogP contribution in [-0.2, 0) is 0 Å². The molecule has 0 radical (unpaired) electrons. The van der Waals surface area contributed by atoms with Gasteiger partial charge in [-0.15, -0.1) is 10.2 Å². The Morgan fingerprint density at radius 2 is 2.00 bits per heavy atom. The standard InChI is InChI=1S/C16H23N5/c1-11-3-2-4-13(8-5-11)18-14-16-20-19-15(12-6-7-12)21(16)10-9-17-14/h9-13H,2-8H2,1H3,(H,17,18). The summed E-state index contributed by atoms with van der Waals surface area (Å²) in [5.74, 6) is 3.46. The molecule has 5 nitrogen and oxygen atoms in total. The average Bonchev–Trinajstić information content (AvgIpc) is 3.26. The van der Waals surface area contributed by atoms with Crippen molar-refractivity contribution in [3.05, 3.63) is 18.2 Å². The van der Waals surface area contributed by atoms with Crippen molar-refractivity contribution in [2.75, 3.05) is 5.32 Å². The van der Waals surface area contributed by atoms with Gasteiger partial charge in [-0.3, -0.25) is 4.40 Å². The zero-order chi connectivity index (χ0) is 14.2. The van der Waals surface area contributed by atoms with Crippen molar-refractivity contribution in [3.8, 4) is 0 Å². The van der Waals surface area contributed by atoms with E-state index in [1.165, 1.54) is 44.9 Å². The van der Waals surface area contributed by atoms with Gasteiger partial charge in [0.15, 0.2) is 5.82 Å². The maximum atomic E-state index is 4.51. The lowest BCUT2D eigenvalue weighted by Gasteiger charge is -2.17. The Morgan fingerprint density at radius 3 is 2.86 bits per heavy atom. The summed E-state index contributed by atoms with van der Waals surface area (Å²) in [4.78, 5) is 4.51. The van der Waals surface area contributed by atoms with Gasteiger partial charge in [-0.25, -0.2) is 4.98 Å². The summed E-state index contributed by atoms with van der Waals surface area (Å²) in [5.41, 5.74) is 0.886. The van der Waals surface area contributed by atoms with Crippen molar-refractivity contribution in [1.29, 1.82) is 0 Å². The first-order valence-electron chi connectivity index (χ1n) is 8.27. The molecule has 2 atom stereocenters. The Kier molecular flexibility index (Phi) is 3.28. The molecule has 2 fully saturated rings. The van der Waals surface area contributed by atoms with Crippen molar-refractivity contribution < 1.29 is 0 Å². The molecular weight excluding hydrogens is 262 g/mol. The molecule has 0 amide bonds. The van der Waals surface area contributed by atoms with E-state index in [0.29, 0.717) is 12.0 Å². The Morgan fingerprint density at radius 1 is 1.10 bits per heavy atom. The molecule has 21 heavy (non-hydrogen) atoms. The van der Waals surface area contributed by atoms with Gasteiger partial charge >= 0.3 is 0 Å². The Bertz CT molecular complexity index is 631. The molecule has 2 aromatic heterocycles. The minimum atomic E-state index is 0.523. The fourth-order valence-corrected chi connectivity index (χ4v) is 3.39. The molecular formula is C16H23N5. The van der Waals surface area contributed by atoms with Crippen molar-refractivity contribution in [1.82, 2.24) is 19.6 Å². The summed E-state index contributed by atoms with van der Waals surface area (Å²) in [6.45, 7) is 2.36. The number of rotatable bonds is 3. The Balaban J connectivity index is 1.58. The zero-order valence-corrected chi connectivity index (χ0v) is 12.6. The molecule has 2 aliphatic rings. The van der Waals surface area contributed by atoms with Gasteiger partial charge in [0.25, 0.3) is 0 Å². The highest BCUT2D eigenvalue weighted by Crippen LogP contribution is 2.39. The monoisotopic (exact) mass is 285 g/mol. The van der Waals surface area contributed by atoms with Crippen LogP contribution in [0.4, 0.5) is 5.82 Å². The normalized spacial score (nSPS) is 26.7. The molecule has 0 saturated heterocycles. The molecule has 5 heteroatoms. The van der Waals surface area contributed by atoms with Crippen LogP contribution in [0.15, 0.2) is 12.4 Å². The van der Waals surface area contributed by atoms with Crippen molar-refractivity contribution in [3.63, 3.8) is 0 Å². The number of anilines is 1. The molecule has 2 saturated carbocycles. The lowest BCUT2D eigenvalue weighted by molar-refractivity contribution is 0.502. The fourth-order valence-electron chi connectivity index (χ4n) is 3.39. The van der Waals surface area contributed by atoms with Crippen LogP contribution in [0.3, 0.4) is 0 Å². The van der Waals surface area contributed by atoms with Crippen LogP contribution in [0.5, 0.6) is 0 Å². The van der Waals surface area contributed by atoms with Crippen molar-refractivity contribution in [2.45, 2.75) is 63.8 Å². The van der Waals surface area contributed by atoms with Crippen LogP contribution in [0.25, 0.3) is 5.65 Å².